The first-order chi connectivity index (χ1) is 9.36. The lowest BCUT2D eigenvalue weighted by molar-refractivity contribution is -0.190. The zero-order valence-corrected chi connectivity index (χ0v) is 11.2. The van der Waals surface area contributed by atoms with Crippen molar-refractivity contribution in [3.63, 3.8) is 0 Å². The summed E-state index contributed by atoms with van der Waals surface area (Å²) < 4.78 is 42.4. The maximum atomic E-state index is 12.6. The Morgan fingerprint density at radius 2 is 1.80 bits per heavy atom. The van der Waals surface area contributed by atoms with Crippen LogP contribution in [0.2, 0.25) is 0 Å². The van der Waals surface area contributed by atoms with Crippen LogP contribution in [0.1, 0.15) is 25.7 Å². The summed E-state index contributed by atoms with van der Waals surface area (Å²) in [5.41, 5.74) is 0. The van der Waals surface area contributed by atoms with E-state index in [9.17, 15) is 22.8 Å². The summed E-state index contributed by atoms with van der Waals surface area (Å²) in [5.74, 6) is -2.27. The van der Waals surface area contributed by atoms with E-state index in [1.54, 1.807) is 4.90 Å². The van der Waals surface area contributed by atoms with Gasteiger partial charge in [0.05, 0.1) is 13.3 Å². The highest BCUT2D eigenvalue weighted by atomic mass is 19.4. The number of carbonyl (C=O) groups excluding carboxylic acids is 2. The molecule has 5 nitrogen and oxygen atoms in total. The maximum Gasteiger partial charge on any atom is 0.471 e. The van der Waals surface area contributed by atoms with Gasteiger partial charge in [0.2, 0.25) is 0 Å². The van der Waals surface area contributed by atoms with E-state index >= 15 is 0 Å². The summed E-state index contributed by atoms with van der Waals surface area (Å²) in [4.78, 5) is 25.6. The number of carbonyl (C=O) groups is 2. The molecule has 0 aromatic carbocycles. The molecule has 1 amide bonds. The number of ether oxygens (including phenoxy) is 1. The first-order valence-electron chi connectivity index (χ1n) is 6.57. The monoisotopic (exact) mass is 294 g/mol. The Hall–Kier alpha value is -1.31. The summed E-state index contributed by atoms with van der Waals surface area (Å²) in [6, 6.07) is -0.549. The number of likely N-dealkylation sites (tertiary alicyclic amines) is 2. The average Bonchev–Trinajstić information content (AvgIpc) is 3.03. The molecule has 0 radical (unpaired) electrons. The minimum Gasteiger partial charge on any atom is -0.468 e. The van der Waals surface area contributed by atoms with Gasteiger partial charge in [-0.2, -0.15) is 13.2 Å². The second-order valence-corrected chi connectivity index (χ2v) is 5.04. The van der Waals surface area contributed by atoms with E-state index in [0.717, 1.165) is 4.90 Å². The minimum atomic E-state index is -4.87. The Balaban J connectivity index is 2.14. The lowest BCUT2D eigenvalue weighted by atomic mass is 10.2. The first-order valence-corrected chi connectivity index (χ1v) is 6.57. The molecule has 114 valence electrons. The smallest absolute Gasteiger partial charge is 0.468 e. The van der Waals surface area contributed by atoms with E-state index in [2.05, 4.69) is 4.74 Å². The first kappa shape index (κ1) is 15.1. The second-order valence-electron chi connectivity index (χ2n) is 5.04. The van der Waals surface area contributed by atoms with Gasteiger partial charge in [0, 0.05) is 13.1 Å². The SMILES string of the molecule is COC(=O)[C@H]1CCCN1[C@@H]1CCCN1C(=O)C(F)(F)F. The third kappa shape index (κ3) is 2.74. The Kier molecular flexibility index (Phi) is 4.22. The summed E-state index contributed by atoms with van der Waals surface area (Å²) in [6.07, 6.45) is -3.30. The highest BCUT2D eigenvalue weighted by Crippen LogP contribution is 2.32. The van der Waals surface area contributed by atoms with Crippen molar-refractivity contribution < 1.29 is 27.5 Å². The summed E-state index contributed by atoms with van der Waals surface area (Å²) in [7, 11) is 1.26. The number of hydrogen-bond donors (Lipinski definition) is 0. The summed E-state index contributed by atoms with van der Waals surface area (Å²) >= 11 is 0. The molecule has 2 rings (SSSR count). The predicted molar refractivity (Wildman–Crippen MR) is 62.5 cm³/mol. The largest absolute Gasteiger partial charge is 0.471 e. The highest BCUT2D eigenvalue weighted by molar-refractivity contribution is 5.82. The van der Waals surface area contributed by atoms with E-state index in [0.29, 0.717) is 32.2 Å². The average molecular weight is 294 g/mol. The van der Waals surface area contributed by atoms with Crippen LogP contribution in [0, 0.1) is 0 Å². The van der Waals surface area contributed by atoms with Gasteiger partial charge in [-0.3, -0.25) is 14.5 Å². The Morgan fingerprint density at radius 1 is 1.15 bits per heavy atom. The van der Waals surface area contributed by atoms with Gasteiger partial charge in [-0.1, -0.05) is 0 Å². The molecule has 2 fully saturated rings. The fourth-order valence-corrected chi connectivity index (χ4v) is 3.03. The Labute approximate surface area is 114 Å². The van der Waals surface area contributed by atoms with Crippen molar-refractivity contribution in [1.29, 1.82) is 0 Å². The van der Waals surface area contributed by atoms with E-state index in [1.165, 1.54) is 7.11 Å². The number of esters is 1. The summed E-state index contributed by atoms with van der Waals surface area (Å²) in [5, 5.41) is 0. The van der Waals surface area contributed by atoms with Gasteiger partial charge in [0.1, 0.15) is 6.04 Å². The molecule has 0 saturated carbocycles. The van der Waals surface area contributed by atoms with Crippen LogP contribution in [0.15, 0.2) is 0 Å². The lowest BCUT2D eigenvalue weighted by Gasteiger charge is -2.35. The van der Waals surface area contributed by atoms with Crippen molar-refractivity contribution in [2.45, 2.75) is 44.1 Å². The van der Waals surface area contributed by atoms with Crippen LogP contribution >= 0.6 is 0 Å². The number of alkyl halides is 3. The van der Waals surface area contributed by atoms with E-state index < -0.39 is 30.3 Å². The van der Waals surface area contributed by atoms with Crippen molar-refractivity contribution in [3.05, 3.63) is 0 Å². The fraction of sp³-hybridized carbons (Fsp3) is 0.833. The molecular formula is C12H17F3N2O3. The van der Waals surface area contributed by atoms with Crippen molar-refractivity contribution in [3.8, 4) is 0 Å². The number of amides is 1. The molecule has 0 unspecified atom stereocenters. The van der Waals surface area contributed by atoms with Crippen LogP contribution in [0.3, 0.4) is 0 Å². The van der Waals surface area contributed by atoms with Gasteiger partial charge in [0.25, 0.3) is 0 Å². The van der Waals surface area contributed by atoms with Gasteiger partial charge in [-0.25, -0.2) is 0 Å². The number of rotatable bonds is 2. The number of nitrogens with zero attached hydrogens (tertiary/aromatic N) is 2. The van der Waals surface area contributed by atoms with E-state index in [1.807, 2.05) is 0 Å². The molecule has 0 N–H and O–H groups in total. The minimum absolute atomic E-state index is 0.0768. The number of hydrogen-bond acceptors (Lipinski definition) is 4. The molecule has 8 heteroatoms. The van der Waals surface area contributed by atoms with Gasteiger partial charge in [-0.05, 0) is 25.7 Å². The second kappa shape index (κ2) is 5.59. The molecular weight excluding hydrogens is 277 g/mol. The molecule has 0 spiro atoms. The van der Waals surface area contributed by atoms with Gasteiger partial charge in [0.15, 0.2) is 0 Å². The van der Waals surface area contributed by atoms with Crippen LogP contribution in [0.4, 0.5) is 13.2 Å². The van der Waals surface area contributed by atoms with Gasteiger partial charge < -0.3 is 9.64 Å². The molecule has 2 aliphatic heterocycles. The van der Waals surface area contributed by atoms with E-state index in [-0.39, 0.29) is 6.54 Å². The molecule has 20 heavy (non-hydrogen) atoms. The predicted octanol–water partition coefficient (Wildman–Crippen LogP) is 1.13. The van der Waals surface area contributed by atoms with Crippen LogP contribution in [0.5, 0.6) is 0 Å². The Bertz CT molecular complexity index is 400. The maximum absolute atomic E-state index is 12.6. The fourth-order valence-electron chi connectivity index (χ4n) is 3.03. The molecule has 0 aromatic heterocycles. The molecule has 2 saturated heterocycles. The van der Waals surface area contributed by atoms with Crippen molar-refractivity contribution in [2.75, 3.05) is 20.2 Å². The van der Waals surface area contributed by atoms with Crippen molar-refractivity contribution in [1.82, 2.24) is 9.80 Å². The molecule has 2 aliphatic rings. The zero-order chi connectivity index (χ0) is 14.9. The van der Waals surface area contributed by atoms with E-state index in [4.69, 9.17) is 0 Å². The lowest BCUT2D eigenvalue weighted by Crippen LogP contribution is -2.54. The normalized spacial score (nSPS) is 27.9. The van der Waals surface area contributed by atoms with Crippen LogP contribution in [0.25, 0.3) is 0 Å². The van der Waals surface area contributed by atoms with Gasteiger partial charge in [-0.15, -0.1) is 0 Å². The number of methoxy groups -OCH3 is 1. The van der Waals surface area contributed by atoms with Crippen LogP contribution < -0.4 is 0 Å². The van der Waals surface area contributed by atoms with Crippen LogP contribution in [-0.4, -0.2) is 60.3 Å². The van der Waals surface area contributed by atoms with Crippen molar-refractivity contribution in [2.24, 2.45) is 0 Å². The molecule has 0 aliphatic carbocycles. The molecule has 0 bridgehead atoms. The summed E-state index contributed by atoms with van der Waals surface area (Å²) in [6.45, 7) is 0.583. The Morgan fingerprint density at radius 3 is 2.40 bits per heavy atom. The van der Waals surface area contributed by atoms with Crippen LogP contribution in [-0.2, 0) is 14.3 Å². The molecule has 2 heterocycles. The van der Waals surface area contributed by atoms with Crippen molar-refractivity contribution >= 4 is 11.9 Å². The standard InChI is InChI=1S/C12H17F3N2O3/c1-20-10(18)8-4-2-6-16(8)9-5-3-7-17(9)11(19)12(13,14)15/h8-9H,2-7H2,1H3/t8-,9+/m1/s1. The highest BCUT2D eigenvalue weighted by Gasteiger charge is 2.49. The van der Waals surface area contributed by atoms with Gasteiger partial charge >= 0.3 is 18.1 Å². The molecule has 2 atom stereocenters. The molecule has 0 aromatic rings. The zero-order valence-electron chi connectivity index (χ0n) is 11.2. The topological polar surface area (TPSA) is 49.9 Å². The third-order valence-corrected chi connectivity index (χ3v) is 3.87. The quantitative estimate of drug-likeness (QED) is 0.717. The third-order valence-electron chi connectivity index (χ3n) is 3.87. The number of halogens is 3.